The zero-order valence-electron chi connectivity index (χ0n) is 11.0. The number of hydrogen-bond acceptors (Lipinski definition) is 3. The van der Waals surface area contributed by atoms with Crippen LogP contribution in [0.1, 0.15) is 27.2 Å². The smallest absolute Gasteiger partial charge is 0.253 e. The van der Waals surface area contributed by atoms with Crippen molar-refractivity contribution in [2.24, 2.45) is 5.92 Å². The molecule has 1 aliphatic rings. The Labute approximate surface area is 103 Å². The van der Waals surface area contributed by atoms with E-state index in [1.54, 1.807) is 11.0 Å². The summed E-state index contributed by atoms with van der Waals surface area (Å²) >= 11 is 0. The van der Waals surface area contributed by atoms with E-state index in [4.69, 9.17) is 4.89 Å². The van der Waals surface area contributed by atoms with Gasteiger partial charge in [0.25, 0.3) is 5.91 Å². The van der Waals surface area contributed by atoms with Gasteiger partial charge in [0.15, 0.2) is 0 Å². The van der Waals surface area contributed by atoms with Gasteiger partial charge in [-0.1, -0.05) is 13.0 Å². The number of rotatable bonds is 5. The lowest BCUT2D eigenvalue weighted by atomic mass is 9.96. The molecule has 1 rings (SSSR count). The molecule has 4 nitrogen and oxygen atoms in total. The van der Waals surface area contributed by atoms with Gasteiger partial charge in [-0.3, -0.25) is 4.79 Å². The molecule has 1 atom stereocenters. The molecule has 0 saturated carbocycles. The van der Waals surface area contributed by atoms with Crippen LogP contribution >= 0.6 is 0 Å². The van der Waals surface area contributed by atoms with Crippen molar-refractivity contribution in [1.29, 1.82) is 0 Å². The van der Waals surface area contributed by atoms with Gasteiger partial charge in [-0.2, -0.15) is 4.89 Å². The van der Waals surface area contributed by atoms with Crippen molar-refractivity contribution in [2.75, 3.05) is 20.2 Å². The lowest BCUT2D eigenvalue weighted by Crippen LogP contribution is -2.32. The topological polar surface area (TPSA) is 38.8 Å². The van der Waals surface area contributed by atoms with Crippen LogP contribution in [0.15, 0.2) is 23.5 Å². The molecule has 0 aliphatic heterocycles. The van der Waals surface area contributed by atoms with Crippen molar-refractivity contribution >= 4 is 5.91 Å². The number of likely N-dealkylation sites (N-methyl/N-ethyl adjacent to an activating group) is 1. The highest BCUT2D eigenvalue weighted by molar-refractivity contribution is 5.96. The molecule has 0 fully saturated rings. The fourth-order valence-corrected chi connectivity index (χ4v) is 1.82. The summed E-state index contributed by atoms with van der Waals surface area (Å²) in [6, 6.07) is 0. The van der Waals surface area contributed by atoms with E-state index in [1.165, 1.54) is 7.11 Å². The third-order valence-electron chi connectivity index (χ3n) is 2.95. The van der Waals surface area contributed by atoms with Crippen LogP contribution in [0.3, 0.4) is 0 Å². The number of allylic oxidation sites excluding steroid dienone is 2. The maximum Gasteiger partial charge on any atom is 0.253 e. The minimum absolute atomic E-state index is 0.0547. The molecule has 0 spiro atoms. The largest absolute Gasteiger partial charge is 0.342 e. The average molecular weight is 239 g/mol. The van der Waals surface area contributed by atoms with Crippen molar-refractivity contribution in [3.05, 3.63) is 23.5 Å². The van der Waals surface area contributed by atoms with Crippen LogP contribution < -0.4 is 0 Å². The number of nitrogens with zero attached hydrogens (tertiary/aromatic N) is 1. The molecular weight excluding hydrogens is 218 g/mol. The minimum atomic E-state index is 0.0547. The molecule has 0 radical (unpaired) electrons. The SMILES string of the molecule is CCN(CC)C(=O)C1=CCC(C)C(OOC)=C1. The second-order valence-corrected chi connectivity index (χ2v) is 4.07. The van der Waals surface area contributed by atoms with E-state index in [1.807, 2.05) is 26.8 Å². The predicted molar refractivity (Wildman–Crippen MR) is 66.0 cm³/mol. The molecule has 4 heteroatoms. The summed E-state index contributed by atoms with van der Waals surface area (Å²) in [7, 11) is 1.47. The van der Waals surface area contributed by atoms with E-state index in [2.05, 4.69) is 4.89 Å². The summed E-state index contributed by atoms with van der Waals surface area (Å²) in [5.74, 6) is 1.02. The lowest BCUT2D eigenvalue weighted by molar-refractivity contribution is -0.243. The Morgan fingerprint density at radius 2 is 2.12 bits per heavy atom. The van der Waals surface area contributed by atoms with Gasteiger partial charge in [-0.25, -0.2) is 0 Å². The Kier molecular flexibility index (Phi) is 5.22. The summed E-state index contributed by atoms with van der Waals surface area (Å²) in [6.45, 7) is 7.43. The normalized spacial score (nSPS) is 19.4. The van der Waals surface area contributed by atoms with E-state index >= 15 is 0 Å². The maximum atomic E-state index is 12.1. The lowest BCUT2D eigenvalue weighted by Gasteiger charge is -2.23. The molecule has 0 aromatic carbocycles. The van der Waals surface area contributed by atoms with Crippen LogP contribution in [0.5, 0.6) is 0 Å². The van der Waals surface area contributed by atoms with E-state index < -0.39 is 0 Å². The van der Waals surface area contributed by atoms with Gasteiger partial charge < -0.3 is 9.79 Å². The van der Waals surface area contributed by atoms with Crippen LogP contribution in [0.4, 0.5) is 0 Å². The summed E-state index contributed by atoms with van der Waals surface area (Å²) < 4.78 is 0. The first-order valence-corrected chi connectivity index (χ1v) is 6.05. The molecule has 0 bridgehead atoms. The molecule has 1 aliphatic carbocycles. The molecule has 0 aromatic rings. The first-order chi connectivity index (χ1) is 8.13. The van der Waals surface area contributed by atoms with Gasteiger partial charge in [-0.15, -0.1) is 0 Å². The van der Waals surface area contributed by atoms with Crippen molar-refractivity contribution < 1.29 is 14.6 Å². The Hall–Kier alpha value is -1.29. The highest BCUT2D eigenvalue weighted by Crippen LogP contribution is 2.25. The van der Waals surface area contributed by atoms with Gasteiger partial charge >= 0.3 is 0 Å². The van der Waals surface area contributed by atoms with Crippen LogP contribution in [-0.4, -0.2) is 31.0 Å². The molecule has 0 saturated heterocycles. The Morgan fingerprint density at radius 3 is 2.65 bits per heavy atom. The monoisotopic (exact) mass is 239 g/mol. The number of amides is 1. The van der Waals surface area contributed by atoms with E-state index in [-0.39, 0.29) is 11.8 Å². The third-order valence-corrected chi connectivity index (χ3v) is 2.95. The maximum absolute atomic E-state index is 12.1. The highest BCUT2D eigenvalue weighted by Gasteiger charge is 2.21. The van der Waals surface area contributed by atoms with Crippen LogP contribution in [0.2, 0.25) is 0 Å². The van der Waals surface area contributed by atoms with Gasteiger partial charge in [0.2, 0.25) is 0 Å². The fraction of sp³-hybridized carbons (Fsp3) is 0.615. The van der Waals surface area contributed by atoms with Crippen LogP contribution in [0.25, 0.3) is 0 Å². The molecule has 0 heterocycles. The van der Waals surface area contributed by atoms with Gasteiger partial charge in [0.05, 0.1) is 7.11 Å². The van der Waals surface area contributed by atoms with Gasteiger partial charge in [-0.05, 0) is 26.3 Å². The van der Waals surface area contributed by atoms with Crippen LogP contribution in [0, 0.1) is 5.92 Å². The molecule has 0 N–H and O–H groups in total. The molecule has 1 amide bonds. The Balaban J connectivity index is 2.81. The van der Waals surface area contributed by atoms with Crippen LogP contribution in [-0.2, 0) is 14.6 Å². The number of carbonyl (C=O) groups excluding carboxylic acids is 1. The van der Waals surface area contributed by atoms with E-state index in [9.17, 15) is 4.79 Å². The van der Waals surface area contributed by atoms with E-state index in [0.717, 1.165) is 19.5 Å². The first kappa shape index (κ1) is 13.8. The summed E-state index contributed by atoms with van der Waals surface area (Å²) in [6.07, 6.45) is 4.55. The van der Waals surface area contributed by atoms with Crippen molar-refractivity contribution in [2.45, 2.75) is 27.2 Å². The van der Waals surface area contributed by atoms with Gasteiger partial charge in [0, 0.05) is 24.6 Å². The summed E-state index contributed by atoms with van der Waals surface area (Å²) in [5.41, 5.74) is 0.693. The second-order valence-electron chi connectivity index (χ2n) is 4.07. The predicted octanol–water partition coefficient (Wildman–Crippen LogP) is 2.28. The molecule has 96 valence electrons. The molecular formula is C13H21NO3. The third kappa shape index (κ3) is 3.33. The molecule has 17 heavy (non-hydrogen) atoms. The average Bonchev–Trinajstić information content (AvgIpc) is 2.33. The molecule has 0 aromatic heterocycles. The van der Waals surface area contributed by atoms with Crippen molar-refractivity contribution in [1.82, 2.24) is 4.90 Å². The summed E-state index contributed by atoms with van der Waals surface area (Å²) in [4.78, 5) is 23.7. The quantitative estimate of drug-likeness (QED) is 0.546. The van der Waals surface area contributed by atoms with Crippen molar-refractivity contribution in [3.8, 4) is 0 Å². The zero-order valence-corrected chi connectivity index (χ0v) is 11.0. The van der Waals surface area contributed by atoms with Crippen molar-refractivity contribution in [3.63, 3.8) is 0 Å². The van der Waals surface area contributed by atoms with Gasteiger partial charge in [0.1, 0.15) is 5.76 Å². The molecule has 1 unspecified atom stereocenters. The summed E-state index contributed by atoms with van der Waals surface area (Å²) in [5, 5.41) is 0. The highest BCUT2D eigenvalue weighted by atomic mass is 17.2. The Bertz CT molecular complexity index is 330. The zero-order chi connectivity index (χ0) is 12.8. The second kappa shape index (κ2) is 6.45. The number of carbonyl (C=O) groups is 1. The fourth-order valence-electron chi connectivity index (χ4n) is 1.82. The standard InChI is InChI=1S/C13H21NO3/c1-5-14(6-2)13(15)11-8-7-10(3)12(9-11)17-16-4/h8-10H,5-7H2,1-4H3. The Morgan fingerprint density at radius 1 is 1.47 bits per heavy atom. The van der Waals surface area contributed by atoms with E-state index in [0.29, 0.717) is 11.3 Å². The number of hydrogen-bond donors (Lipinski definition) is 0. The minimum Gasteiger partial charge on any atom is -0.342 e. The first-order valence-electron chi connectivity index (χ1n) is 6.05.